The van der Waals surface area contributed by atoms with E-state index in [0.29, 0.717) is 19.0 Å². The van der Waals surface area contributed by atoms with E-state index < -0.39 is 17.2 Å². The summed E-state index contributed by atoms with van der Waals surface area (Å²) in [5, 5.41) is 18.5. The monoisotopic (exact) mass is 563 g/mol. The Morgan fingerprint density at radius 1 is 1.12 bits per heavy atom. The van der Waals surface area contributed by atoms with Crippen molar-refractivity contribution < 1.29 is 9.53 Å². The molecule has 32 heavy (non-hydrogen) atoms. The minimum absolute atomic E-state index is 0. The van der Waals surface area contributed by atoms with Gasteiger partial charge in [-0.15, -0.1) is 34.2 Å². The number of carbonyl (C=O) groups excluding carboxylic acids is 1. The Kier molecular flexibility index (Phi) is 11.7. The van der Waals surface area contributed by atoms with Gasteiger partial charge in [-0.05, 0) is 46.5 Å². The summed E-state index contributed by atoms with van der Waals surface area (Å²) in [5.74, 6) is 2.84. The highest BCUT2D eigenvalue weighted by Gasteiger charge is 2.30. The number of aromatic nitrogens is 3. The van der Waals surface area contributed by atoms with Crippen molar-refractivity contribution in [2.24, 2.45) is 4.99 Å². The quantitative estimate of drug-likeness (QED) is 0.255. The predicted molar refractivity (Wildman–Crippen MR) is 139 cm³/mol. The molecule has 0 fully saturated rings. The first-order chi connectivity index (χ1) is 14.7. The minimum atomic E-state index is -0.526. The molecule has 1 aromatic heterocycles. The third-order valence-corrected chi connectivity index (χ3v) is 5.76. The molecule has 0 saturated heterocycles. The zero-order chi connectivity index (χ0) is 22.9. The van der Waals surface area contributed by atoms with Gasteiger partial charge < -0.3 is 25.3 Å². The van der Waals surface area contributed by atoms with Crippen molar-refractivity contribution in [1.82, 2.24) is 30.7 Å². The second kappa shape index (κ2) is 13.2. The fourth-order valence-corrected chi connectivity index (χ4v) is 3.74. The molecular formula is C22H42IN7O2. The molecule has 1 aliphatic heterocycles. The SMILES string of the molecule is CCC(CC)(CNC(=NC)NCCc1nnc2n1CCCCC2)NC(=O)OC(C)(C)C.I. The van der Waals surface area contributed by atoms with Gasteiger partial charge in [0.2, 0.25) is 0 Å². The highest BCUT2D eigenvalue weighted by Crippen LogP contribution is 2.17. The Balaban J connectivity index is 0.00000512. The minimum Gasteiger partial charge on any atom is -0.444 e. The van der Waals surface area contributed by atoms with Crippen molar-refractivity contribution in [3.63, 3.8) is 0 Å². The van der Waals surface area contributed by atoms with Gasteiger partial charge in [-0.3, -0.25) is 4.99 Å². The zero-order valence-electron chi connectivity index (χ0n) is 20.6. The highest BCUT2D eigenvalue weighted by molar-refractivity contribution is 14.0. The van der Waals surface area contributed by atoms with Crippen molar-refractivity contribution in [2.45, 2.75) is 97.2 Å². The smallest absolute Gasteiger partial charge is 0.408 e. The van der Waals surface area contributed by atoms with E-state index in [-0.39, 0.29) is 24.0 Å². The number of halogens is 1. The molecule has 1 aliphatic rings. The fourth-order valence-electron chi connectivity index (χ4n) is 3.74. The summed E-state index contributed by atoms with van der Waals surface area (Å²) < 4.78 is 7.72. The Morgan fingerprint density at radius 2 is 1.84 bits per heavy atom. The largest absolute Gasteiger partial charge is 0.444 e. The van der Waals surface area contributed by atoms with Gasteiger partial charge in [-0.2, -0.15) is 0 Å². The number of carbonyl (C=O) groups is 1. The molecule has 0 bridgehead atoms. The van der Waals surface area contributed by atoms with Gasteiger partial charge in [0.15, 0.2) is 5.96 Å². The van der Waals surface area contributed by atoms with Crippen LogP contribution >= 0.6 is 24.0 Å². The van der Waals surface area contributed by atoms with Crippen molar-refractivity contribution in [2.75, 3.05) is 20.1 Å². The Labute approximate surface area is 210 Å². The van der Waals surface area contributed by atoms with E-state index in [9.17, 15) is 4.79 Å². The normalized spacial score (nSPS) is 14.6. The molecule has 3 N–H and O–H groups in total. The van der Waals surface area contributed by atoms with Crippen LogP contribution in [0.25, 0.3) is 0 Å². The molecule has 0 atom stereocenters. The van der Waals surface area contributed by atoms with E-state index in [0.717, 1.165) is 43.9 Å². The molecule has 0 aromatic carbocycles. The number of hydrogen-bond donors (Lipinski definition) is 3. The topological polar surface area (TPSA) is 105 Å². The number of ether oxygens (including phenoxy) is 1. The van der Waals surface area contributed by atoms with Gasteiger partial charge in [-0.25, -0.2) is 4.79 Å². The van der Waals surface area contributed by atoms with E-state index in [2.05, 4.69) is 49.6 Å². The molecule has 184 valence electrons. The van der Waals surface area contributed by atoms with Gasteiger partial charge in [0, 0.05) is 39.5 Å². The van der Waals surface area contributed by atoms with Crippen LogP contribution in [-0.4, -0.2) is 58.1 Å². The summed E-state index contributed by atoms with van der Waals surface area (Å²) in [6, 6.07) is 0. The predicted octanol–water partition coefficient (Wildman–Crippen LogP) is 3.41. The molecule has 10 heteroatoms. The third-order valence-electron chi connectivity index (χ3n) is 5.76. The zero-order valence-corrected chi connectivity index (χ0v) is 22.9. The third kappa shape index (κ3) is 8.74. The van der Waals surface area contributed by atoms with Crippen molar-refractivity contribution in [1.29, 1.82) is 0 Å². The second-order valence-electron chi connectivity index (χ2n) is 9.21. The second-order valence-corrected chi connectivity index (χ2v) is 9.21. The number of nitrogens with one attached hydrogen (secondary N) is 3. The van der Waals surface area contributed by atoms with Crippen LogP contribution in [0.15, 0.2) is 4.99 Å². The Morgan fingerprint density at radius 3 is 2.47 bits per heavy atom. The number of amides is 1. The van der Waals surface area contributed by atoms with Gasteiger partial charge >= 0.3 is 6.09 Å². The highest BCUT2D eigenvalue weighted by atomic mass is 127. The van der Waals surface area contributed by atoms with E-state index in [1.165, 1.54) is 19.3 Å². The first-order valence-electron chi connectivity index (χ1n) is 11.6. The van der Waals surface area contributed by atoms with Gasteiger partial charge in [0.05, 0.1) is 5.54 Å². The van der Waals surface area contributed by atoms with Crippen LogP contribution in [-0.2, 0) is 24.1 Å². The van der Waals surface area contributed by atoms with E-state index in [4.69, 9.17) is 4.74 Å². The number of rotatable bonds is 8. The molecule has 0 spiro atoms. The maximum Gasteiger partial charge on any atom is 0.408 e. The van der Waals surface area contributed by atoms with E-state index >= 15 is 0 Å². The average molecular weight is 564 g/mol. The first kappa shape index (κ1) is 28.4. The number of aryl methyl sites for hydroxylation is 1. The lowest BCUT2D eigenvalue weighted by atomic mass is 9.93. The average Bonchev–Trinajstić information content (AvgIpc) is 2.94. The summed E-state index contributed by atoms with van der Waals surface area (Å²) in [5.41, 5.74) is -0.938. The Bertz CT molecular complexity index is 739. The number of fused-ring (bicyclic) bond motifs is 1. The summed E-state index contributed by atoms with van der Waals surface area (Å²) in [6.07, 6.45) is 6.61. The molecule has 9 nitrogen and oxygen atoms in total. The van der Waals surface area contributed by atoms with Crippen LogP contribution in [0.4, 0.5) is 4.79 Å². The molecule has 0 aliphatic carbocycles. The molecule has 0 unspecified atom stereocenters. The molecule has 2 rings (SSSR count). The lowest BCUT2D eigenvalue weighted by Gasteiger charge is -2.34. The van der Waals surface area contributed by atoms with Crippen molar-refractivity contribution >= 4 is 36.0 Å². The van der Waals surface area contributed by atoms with Crippen LogP contribution < -0.4 is 16.0 Å². The van der Waals surface area contributed by atoms with Crippen molar-refractivity contribution in [3.05, 3.63) is 11.6 Å². The van der Waals surface area contributed by atoms with Crippen LogP contribution in [0, 0.1) is 0 Å². The van der Waals surface area contributed by atoms with Crippen molar-refractivity contribution in [3.8, 4) is 0 Å². The number of aliphatic imine (C=N–C) groups is 1. The van der Waals surface area contributed by atoms with Crippen LogP contribution in [0.3, 0.4) is 0 Å². The van der Waals surface area contributed by atoms with Gasteiger partial charge in [-0.1, -0.05) is 20.3 Å². The molecule has 0 saturated carbocycles. The van der Waals surface area contributed by atoms with Gasteiger partial charge in [0.1, 0.15) is 17.2 Å². The van der Waals surface area contributed by atoms with E-state index in [1.807, 2.05) is 20.8 Å². The summed E-state index contributed by atoms with van der Waals surface area (Å²) >= 11 is 0. The number of nitrogens with zero attached hydrogens (tertiary/aromatic N) is 4. The molecule has 0 radical (unpaired) electrons. The number of guanidine groups is 1. The molecule has 2 heterocycles. The maximum absolute atomic E-state index is 12.3. The van der Waals surface area contributed by atoms with Crippen LogP contribution in [0.5, 0.6) is 0 Å². The summed E-state index contributed by atoms with van der Waals surface area (Å²) in [6.45, 7) is 12.0. The lowest BCUT2D eigenvalue weighted by Crippen LogP contribution is -2.57. The van der Waals surface area contributed by atoms with Crippen LogP contribution in [0.2, 0.25) is 0 Å². The standard InChI is InChI=1S/C22H41N7O2.HI/c1-7-22(8-2,26-20(30)31-21(3,4)5)16-25-19(23-6)24-14-13-18-28-27-17-12-10-9-11-15-29(17)18;/h7-16H2,1-6H3,(H,26,30)(H2,23,24,25);1H. The maximum atomic E-state index is 12.3. The first-order valence-corrected chi connectivity index (χ1v) is 11.6. The van der Waals surface area contributed by atoms with Crippen LogP contribution in [0.1, 0.15) is 78.4 Å². The summed E-state index contributed by atoms with van der Waals surface area (Å²) in [7, 11) is 1.75. The molecular weight excluding hydrogens is 521 g/mol. The molecule has 1 aromatic rings. The number of alkyl carbamates (subject to hydrolysis) is 1. The lowest BCUT2D eigenvalue weighted by molar-refractivity contribution is 0.0448. The van der Waals surface area contributed by atoms with Gasteiger partial charge in [0.25, 0.3) is 0 Å². The molecule has 1 amide bonds. The Hall–Kier alpha value is -1.59. The number of hydrogen-bond acceptors (Lipinski definition) is 5. The summed E-state index contributed by atoms with van der Waals surface area (Å²) in [4.78, 5) is 16.7. The fraction of sp³-hybridized carbons (Fsp3) is 0.818. The van der Waals surface area contributed by atoms with E-state index in [1.54, 1.807) is 7.05 Å².